The predicted octanol–water partition coefficient (Wildman–Crippen LogP) is 1.18. The number of aryl methyl sites for hydroxylation is 1. The molecule has 1 atom stereocenters. The van der Waals surface area contributed by atoms with Crippen molar-refractivity contribution in [1.82, 2.24) is 30.3 Å². The second-order valence-electron chi connectivity index (χ2n) is 7.30. The van der Waals surface area contributed by atoms with Gasteiger partial charge in [0.2, 0.25) is 0 Å². The van der Waals surface area contributed by atoms with Gasteiger partial charge in [-0.15, -0.1) is 0 Å². The van der Waals surface area contributed by atoms with Crippen LogP contribution in [0.3, 0.4) is 0 Å². The number of methoxy groups -OCH3 is 1. The van der Waals surface area contributed by atoms with E-state index in [2.05, 4.69) is 30.6 Å². The van der Waals surface area contributed by atoms with Gasteiger partial charge in [0.25, 0.3) is 0 Å². The largest absolute Gasteiger partial charge is 0.377 e. The Hall–Kier alpha value is -2.52. The monoisotopic (exact) mass is 403 g/mol. The predicted molar refractivity (Wildman–Crippen MR) is 110 cm³/mol. The molecule has 1 aromatic carbocycles. The molecule has 1 unspecified atom stereocenters. The van der Waals surface area contributed by atoms with Gasteiger partial charge in [0.05, 0.1) is 6.54 Å². The van der Waals surface area contributed by atoms with Gasteiger partial charge in [-0.3, -0.25) is 4.99 Å². The lowest BCUT2D eigenvalue weighted by Gasteiger charge is -2.26. The Morgan fingerprint density at radius 1 is 1.38 bits per heavy atom. The van der Waals surface area contributed by atoms with Crippen LogP contribution in [0.1, 0.15) is 23.6 Å². The van der Waals surface area contributed by atoms with Gasteiger partial charge in [-0.05, 0) is 31.2 Å². The standard InChI is InChI=1S/C20H30FN7O/c1-22-20(23-10-11-27(2)12-15-4-6-16(21)7-5-15)24-17-8-9-19-25-18(14-29-3)26-28(19)13-17/h4-7,17H,8-14H2,1-3H3,(H2,22,23,24). The van der Waals surface area contributed by atoms with Crippen LogP contribution in [0.4, 0.5) is 4.39 Å². The van der Waals surface area contributed by atoms with Crippen molar-refractivity contribution < 1.29 is 9.13 Å². The number of ether oxygens (including phenoxy) is 1. The van der Waals surface area contributed by atoms with Gasteiger partial charge in [-0.2, -0.15) is 5.10 Å². The van der Waals surface area contributed by atoms with Crippen LogP contribution < -0.4 is 10.6 Å². The SMILES string of the molecule is CN=C(NCCN(C)Cc1ccc(F)cc1)NC1CCc2nc(COC)nn2C1. The smallest absolute Gasteiger partial charge is 0.191 e. The van der Waals surface area contributed by atoms with Crippen LogP contribution in [0.15, 0.2) is 29.3 Å². The van der Waals surface area contributed by atoms with Crippen LogP contribution in [0.2, 0.25) is 0 Å². The van der Waals surface area contributed by atoms with Gasteiger partial charge < -0.3 is 20.3 Å². The van der Waals surface area contributed by atoms with Crippen LogP contribution in [0, 0.1) is 5.82 Å². The molecule has 1 aromatic heterocycles. The van der Waals surface area contributed by atoms with Crippen molar-refractivity contribution in [3.8, 4) is 0 Å². The minimum absolute atomic E-state index is 0.205. The van der Waals surface area contributed by atoms with Crippen molar-refractivity contribution in [2.45, 2.75) is 38.6 Å². The van der Waals surface area contributed by atoms with E-state index in [4.69, 9.17) is 4.74 Å². The maximum Gasteiger partial charge on any atom is 0.191 e. The Bertz CT molecular complexity index is 806. The van der Waals surface area contributed by atoms with Gasteiger partial charge >= 0.3 is 0 Å². The lowest BCUT2D eigenvalue weighted by atomic mass is 10.1. The molecule has 0 fully saturated rings. The number of benzene rings is 1. The van der Waals surface area contributed by atoms with Crippen LogP contribution in [-0.2, 0) is 30.9 Å². The molecular formula is C20H30FN7O. The summed E-state index contributed by atoms with van der Waals surface area (Å²) in [7, 11) is 5.47. The first-order chi connectivity index (χ1) is 14.1. The highest BCUT2D eigenvalue weighted by molar-refractivity contribution is 5.79. The molecule has 0 bridgehead atoms. The molecule has 158 valence electrons. The number of likely N-dealkylation sites (N-methyl/N-ethyl adjacent to an activating group) is 1. The molecule has 0 amide bonds. The summed E-state index contributed by atoms with van der Waals surface area (Å²) in [5.41, 5.74) is 1.09. The average Bonchev–Trinajstić information content (AvgIpc) is 3.11. The van der Waals surface area contributed by atoms with Crippen molar-refractivity contribution in [2.75, 3.05) is 34.3 Å². The second-order valence-corrected chi connectivity index (χ2v) is 7.30. The quantitative estimate of drug-likeness (QED) is 0.509. The maximum absolute atomic E-state index is 13.0. The second kappa shape index (κ2) is 10.3. The summed E-state index contributed by atoms with van der Waals surface area (Å²) < 4.78 is 20.1. The van der Waals surface area contributed by atoms with Crippen LogP contribution >= 0.6 is 0 Å². The number of rotatable bonds is 8. The summed E-state index contributed by atoms with van der Waals surface area (Å²) in [6.45, 7) is 3.58. The van der Waals surface area contributed by atoms with Gasteiger partial charge in [0, 0.05) is 46.3 Å². The van der Waals surface area contributed by atoms with E-state index in [9.17, 15) is 4.39 Å². The first-order valence-corrected chi connectivity index (χ1v) is 9.89. The Morgan fingerprint density at radius 2 is 2.17 bits per heavy atom. The molecule has 0 radical (unpaired) electrons. The Balaban J connectivity index is 1.41. The minimum Gasteiger partial charge on any atom is -0.377 e. The lowest BCUT2D eigenvalue weighted by Crippen LogP contribution is -2.48. The van der Waals surface area contributed by atoms with Crippen molar-refractivity contribution in [1.29, 1.82) is 0 Å². The molecule has 1 aliphatic heterocycles. The van der Waals surface area contributed by atoms with E-state index >= 15 is 0 Å². The summed E-state index contributed by atoms with van der Waals surface area (Å²) in [6.07, 6.45) is 1.86. The van der Waals surface area contributed by atoms with Crippen molar-refractivity contribution in [3.05, 3.63) is 47.3 Å². The molecule has 1 aliphatic rings. The zero-order valence-electron chi connectivity index (χ0n) is 17.4. The fraction of sp³-hybridized carbons (Fsp3) is 0.550. The van der Waals surface area contributed by atoms with E-state index < -0.39 is 0 Å². The Labute approximate surface area is 171 Å². The van der Waals surface area contributed by atoms with Gasteiger partial charge in [-0.1, -0.05) is 12.1 Å². The number of hydrogen-bond acceptors (Lipinski definition) is 5. The zero-order chi connectivity index (χ0) is 20.6. The number of nitrogens with one attached hydrogen (secondary N) is 2. The highest BCUT2D eigenvalue weighted by atomic mass is 19.1. The number of hydrogen-bond donors (Lipinski definition) is 2. The summed E-state index contributed by atoms with van der Waals surface area (Å²) in [5.74, 6) is 2.32. The third kappa shape index (κ3) is 6.23. The van der Waals surface area contributed by atoms with Gasteiger partial charge in [0.1, 0.15) is 18.2 Å². The van der Waals surface area contributed by atoms with Gasteiger partial charge in [-0.25, -0.2) is 14.1 Å². The van der Waals surface area contributed by atoms with E-state index in [1.54, 1.807) is 14.2 Å². The minimum atomic E-state index is -0.205. The Morgan fingerprint density at radius 3 is 2.90 bits per heavy atom. The molecule has 2 N–H and O–H groups in total. The zero-order valence-corrected chi connectivity index (χ0v) is 17.4. The van der Waals surface area contributed by atoms with E-state index in [-0.39, 0.29) is 11.9 Å². The molecule has 3 rings (SSSR count). The highest BCUT2D eigenvalue weighted by Crippen LogP contribution is 2.13. The van der Waals surface area contributed by atoms with Crippen molar-refractivity contribution >= 4 is 5.96 Å². The summed E-state index contributed by atoms with van der Waals surface area (Å²) in [5, 5.41) is 11.3. The molecule has 0 saturated carbocycles. The molecule has 2 heterocycles. The van der Waals surface area contributed by atoms with Crippen LogP contribution in [0.25, 0.3) is 0 Å². The molecule has 0 saturated heterocycles. The summed E-state index contributed by atoms with van der Waals surface area (Å²) in [6, 6.07) is 6.88. The molecule has 2 aromatic rings. The number of aliphatic imine (C=N–C) groups is 1. The first-order valence-electron chi connectivity index (χ1n) is 9.89. The average molecular weight is 404 g/mol. The van der Waals surface area contributed by atoms with Crippen LogP contribution in [-0.4, -0.2) is 66.0 Å². The van der Waals surface area contributed by atoms with Crippen molar-refractivity contribution in [2.24, 2.45) is 4.99 Å². The third-order valence-electron chi connectivity index (χ3n) is 4.89. The lowest BCUT2D eigenvalue weighted by molar-refractivity contribution is 0.177. The molecule has 0 spiro atoms. The molecule has 29 heavy (non-hydrogen) atoms. The fourth-order valence-corrected chi connectivity index (χ4v) is 3.40. The maximum atomic E-state index is 13.0. The third-order valence-corrected chi connectivity index (χ3v) is 4.89. The van der Waals surface area contributed by atoms with Crippen molar-refractivity contribution in [3.63, 3.8) is 0 Å². The first kappa shape index (κ1) is 21.2. The number of nitrogens with zero attached hydrogens (tertiary/aromatic N) is 5. The summed E-state index contributed by atoms with van der Waals surface area (Å²) in [4.78, 5) is 11.0. The molecule has 9 heteroatoms. The Kier molecular flexibility index (Phi) is 7.54. The topological polar surface area (TPSA) is 79.6 Å². The number of fused-ring (bicyclic) bond motifs is 1. The van der Waals surface area contributed by atoms with E-state index in [0.29, 0.717) is 6.61 Å². The fourth-order valence-electron chi connectivity index (χ4n) is 3.40. The number of guanidine groups is 1. The summed E-state index contributed by atoms with van der Waals surface area (Å²) >= 11 is 0. The molecule has 8 nitrogen and oxygen atoms in total. The van der Waals surface area contributed by atoms with E-state index in [1.807, 2.05) is 23.9 Å². The number of halogens is 1. The highest BCUT2D eigenvalue weighted by Gasteiger charge is 2.22. The van der Waals surface area contributed by atoms with E-state index in [1.165, 1.54) is 12.1 Å². The van der Waals surface area contributed by atoms with Gasteiger partial charge in [0.15, 0.2) is 11.8 Å². The molecule has 0 aliphatic carbocycles. The molecular weight excluding hydrogens is 373 g/mol. The normalized spacial score (nSPS) is 16.7. The van der Waals surface area contributed by atoms with Crippen LogP contribution in [0.5, 0.6) is 0 Å². The van der Waals surface area contributed by atoms with E-state index in [0.717, 1.165) is 62.2 Å². The number of aromatic nitrogens is 3.